The molecular formula is C13H12. The lowest BCUT2D eigenvalue weighted by Gasteiger charge is -2.16. The molecule has 0 nitrogen and oxygen atoms in total. The van der Waals surface area contributed by atoms with Crippen molar-refractivity contribution in [2.45, 2.75) is 0 Å². The zero-order chi connectivity index (χ0) is 8.99. The van der Waals surface area contributed by atoms with Crippen LogP contribution in [0.25, 0.3) is 0 Å². The summed E-state index contributed by atoms with van der Waals surface area (Å²) in [5.41, 5.74) is -0.0208. The molecule has 2 rings (SSSR count). The minimum atomic E-state index is -0.0208. The van der Waals surface area contributed by atoms with Crippen molar-refractivity contribution in [2.75, 3.05) is 0 Å². The van der Waals surface area contributed by atoms with E-state index >= 15 is 0 Å². The third-order valence-electron chi connectivity index (χ3n) is 2.21. The third-order valence-corrected chi connectivity index (χ3v) is 2.21. The highest BCUT2D eigenvalue weighted by Crippen LogP contribution is 2.28. The van der Waals surface area contributed by atoms with Gasteiger partial charge in [0, 0.05) is 5.41 Å². The summed E-state index contributed by atoms with van der Waals surface area (Å²) in [7, 11) is 0. The lowest BCUT2D eigenvalue weighted by Crippen LogP contribution is -2.06. The maximum atomic E-state index is 2.19. The van der Waals surface area contributed by atoms with Crippen molar-refractivity contribution in [3.05, 3.63) is 72.9 Å². The van der Waals surface area contributed by atoms with E-state index in [1.54, 1.807) is 0 Å². The molecule has 0 saturated carbocycles. The van der Waals surface area contributed by atoms with Crippen LogP contribution in [0.5, 0.6) is 0 Å². The first-order chi connectivity index (χ1) is 6.41. The smallest absolute Gasteiger partial charge is 0.0435 e. The molecule has 13 heavy (non-hydrogen) atoms. The molecular weight excluding hydrogens is 156 g/mol. The second kappa shape index (κ2) is 3.44. The van der Waals surface area contributed by atoms with Crippen LogP contribution < -0.4 is 0 Å². The van der Waals surface area contributed by atoms with E-state index in [0.717, 1.165) is 0 Å². The van der Waals surface area contributed by atoms with Crippen molar-refractivity contribution in [3.63, 3.8) is 0 Å². The zero-order valence-corrected chi connectivity index (χ0v) is 7.43. The molecule has 0 unspecified atom stereocenters. The van der Waals surface area contributed by atoms with Crippen molar-refractivity contribution in [1.82, 2.24) is 0 Å². The molecule has 0 aliphatic heterocycles. The van der Waals surface area contributed by atoms with Gasteiger partial charge in [0.2, 0.25) is 0 Å². The van der Waals surface area contributed by atoms with E-state index in [-0.39, 0.29) is 5.41 Å². The molecule has 0 aromatic carbocycles. The third kappa shape index (κ3) is 1.78. The second-order valence-electron chi connectivity index (χ2n) is 3.21. The molecule has 0 saturated heterocycles. The summed E-state index contributed by atoms with van der Waals surface area (Å²) < 4.78 is 0. The Kier molecular flexibility index (Phi) is 2.13. The summed E-state index contributed by atoms with van der Waals surface area (Å²) in [5, 5.41) is 0. The van der Waals surface area contributed by atoms with Crippen LogP contribution in [0.4, 0.5) is 0 Å². The largest absolute Gasteiger partial charge is 0.0670 e. The molecule has 1 spiro atoms. The van der Waals surface area contributed by atoms with Crippen molar-refractivity contribution in [3.8, 4) is 0 Å². The molecule has 0 radical (unpaired) electrons. The second-order valence-corrected chi connectivity index (χ2v) is 3.21. The minimum absolute atomic E-state index is 0.0208. The maximum absolute atomic E-state index is 2.19. The molecule has 0 fully saturated rings. The number of hydrogen-bond acceptors (Lipinski definition) is 0. The van der Waals surface area contributed by atoms with E-state index < -0.39 is 0 Å². The molecule has 0 N–H and O–H groups in total. The molecule has 0 heterocycles. The van der Waals surface area contributed by atoms with E-state index in [9.17, 15) is 0 Å². The minimum Gasteiger partial charge on any atom is -0.0670 e. The van der Waals surface area contributed by atoms with Crippen LogP contribution in [0.3, 0.4) is 0 Å². The van der Waals surface area contributed by atoms with Gasteiger partial charge in [-0.15, -0.1) is 0 Å². The van der Waals surface area contributed by atoms with Crippen LogP contribution in [0.2, 0.25) is 0 Å². The van der Waals surface area contributed by atoms with Crippen LogP contribution in [0.1, 0.15) is 0 Å². The Hall–Kier alpha value is -1.56. The maximum Gasteiger partial charge on any atom is 0.0435 e. The van der Waals surface area contributed by atoms with Gasteiger partial charge in [-0.2, -0.15) is 0 Å². The molecule has 2 aliphatic rings. The van der Waals surface area contributed by atoms with Gasteiger partial charge in [-0.3, -0.25) is 0 Å². The van der Waals surface area contributed by atoms with Gasteiger partial charge in [0.15, 0.2) is 0 Å². The van der Waals surface area contributed by atoms with Gasteiger partial charge < -0.3 is 0 Å². The van der Waals surface area contributed by atoms with Crippen molar-refractivity contribution in [1.29, 1.82) is 0 Å². The fourth-order valence-electron chi connectivity index (χ4n) is 1.48. The Bertz CT molecular complexity index is 275. The highest BCUT2D eigenvalue weighted by molar-refractivity contribution is 5.38. The SMILES string of the molecule is C1=CC=CC2(C=C1)C=CC=CC=C2. The monoisotopic (exact) mass is 168 g/mol. The molecule has 0 amide bonds. The van der Waals surface area contributed by atoms with E-state index in [4.69, 9.17) is 0 Å². The Labute approximate surface area is 79.0 Å². The lowest BCUT2D eigenvalue weighted by molar-refractivity contribution is 0.823. The first kappa shape index (κ1) is 8.06. The highest BCUT2D eigenvalue weighted by Gasteiger charge is 2.16. The fraction of sp³-hybridized carbons (Fsp3) is 0.0769. The Morgan fingerprint density at radius 2 is 0.692 bits per heavy atom. The van der Waals surface area contributed by atoms with Crippen molar-refractivity contribution < 1.29 is 0 Å². The van der Waals surface area contributed by atoms with Gasteiger partial charge in [0.1, 0.15) is 0 Å². The first-order valence-corrected chi connectivity index (χ1v) is 4.49. The standard InChI is InChI=1S/C13H12/c1-2-6-10-13(9-5-1)11-7-3-4-8-12-13/h1-12H. The first-order valence-electron chi connectivity index (χ1n) is 4.49. The molecule has 0 aromatic heterocycles. The lowest BCUT2D eigenvalue weighted by atomic mass is 9.87. The van der Waals surface area contributed by atoms with Crippen LogP contribution in [0.15, 0.2) is 72.9 Å². The van der Waals surface area contributed by atoms with E-state index in [1.165, 1.54) is 0 Å². The summed E-state index contributed by atoms with van der Waals surface area (Å²) in [5.74, 6) is 0. The summed E-state index contributed by atoms with van der Waals surface area (Å²) in [6.45, 7) is 0. The summed E-state index contributed by atoms with van der Waals surface area (Å²) in [6, 6.07) is 0. The number of allylic oxidation sites excluding steroid dienone is 12. The van der Waals surface area contributed by atoms with Crippen LogP contribution in [0, 0.1) is 5.41 Å². The fourth-order valence-corrected chi connectivity index (χ4v) is 1.48. The Morgan fingerprint density at radius 1 is 0.385 bits per heavy atom. The molecule has 0 atom stereocenters. The van der Waals surface area contributed by atoms with Gasteiger partial charge in [-0.1, -0.05) is 72.9 Å². The van der Waals surface area contributed by atoms with Crippen LogP contribution in [-0.4, -0.2) is 0 Å². The molecule has 0 aromatic rings. The van der Waals surface area contributed by atoms with Gasteiger partial charge in [0.05, 0.1) is 0 Å². The van der Waals surface area contributed by atoms with Gasteiger partial charge in [-0.05, 0) is 0 Å². The van der Waals surface area contributed by atoms with Crippen LogP contribution >= 0.6 is 0 Å². The summed E-state index contributed by atoms with van der Waals surface area (Å²) in [4.78, 5) is 0. The average Bonchev–Trinajstić information content (AvgIpc) is 2.50. The molecule has 0 heteroatoms. The quantitative estimate of drug-likeness (QED) is 0.520. The predicted octanol–water partition coefficient (Wildman–Crippen LogP) is 3.34. The van der Waals surface area contributed by atoms with Crippen molar-refractivity contribution in [2.24, 2.45) is 5.41 Å². The average molecular weight is 168 g/mol. The summed E-state index contributed by atoms with van der Waals surface area (Å²) in [6.07, 6.45) is 25.3. The number of hydrogen-bond donors (Lipinski definition) is 0. The topological polar surface area (TPSA) is 0 Å². The van der Waals surface area contributed by atoms with E-state index in [1.807, 2.05) is 24.3 Å². The normalized spacial score (nSPS) is 22.2. The molecule has 64 valence electrons. The van der Waals surface area contributed by atoms with Gasteiger partial charge in [-0.25, -0.2) is 0 Å². The highest BCUT2D eigenvalue weighted by atomic mass is 14.2. The number of rotatable bonds is 0. The Morgan fingerprint density at radius 3 is 1.00 bits per heavy atom. The predicted molar refractivity (Wildman–Crippen MR) is 57.3 cm³/mol. The molecule has 0 bridgehead atoms. The van der Waals surface area contributed by atoms with Crippen molar-refractivity contribution >= 4 is 0 Å². The Balaban J connectivity index is 2.39. The van der Waals surface area contributed by atoms with E-state index in [2.05, 4.69) is 48.6 Å². The summed E-state index contributed by atoms with van der Waals surface area (Å²) >= 11 is 0. The van der Waals surface area contributed by atoms with Gasteiger partial charge in [0.25, 0.3) is 0 Å². The molecule has 2 aliphatic carbocycles. The zero-order valence-electron chi connectivity index (χ0n) is 7.43. The van der Waals surface area contributed by atoms with Gasteiger partial charge >= 0.3 is 0 Å². The van der Waals surface area contributed by atoms with Crippen LogP contribution in [-0.2, 0) is 0 Å². The van der Waals surface area contributed by atoms with E-state index in [0.29, 0.717) is 0 Å².